The van der Waals surface area contributed by atoms with Gasteiger partial charge in [-0.05, 0) is 31.6 Å². The molecule has 0 saturated carbocycles. The highest BCUT2D eigenvalue weighted by molar-refractivity contribution is 6.17. The van der Waals surface area contributed by atoms with Crippen molar-refractivity contribution in [1.29, 1.82) is 0 Å². The molecular formula is C16H24ClN3. The summed E-state index contributed by atoms with van der Waals surface area (Å²) in [6, 6.07) is 6.32. The second-order valence-corrected chi connectivity index (χ2v) is 5.47. The van der Waals surface area contributed by atoms with E-state index in [-0.39, 0.29) is 0 Å². The lowest BCUT2D eigenvalue weighted by molar-refractivity contribution is 0.290. The molecule has 0 aliphatic carbocycles. The van der Waals surface area contributed by atoms with Gasteiger partial charge in [0.15, 0.2) is 0 Å². The molecule has 0 spiro atoms. The van der Waals surface area contributed by atoms with Gasteiger partial charge in [0.05, 0.1) is 11.0 Å². The molecular weight excluding hydrogens is 270 g/mol. The molecule has 0 unspecified atom stereocenters. The van der Waals surface area contributed by atoms with E-state index in [0.29, 0.717) is 5.88 Å². The second-order valence-electron chi connectivity index (χ2n) is 5.09. The SMILES string of the molecule is CCN(CC)CCn1c(CCCl)nc2cccc(C)c21. The Kier molecular flexibility index (Phi) is 5.44. The quantitative estimate of drug-likeness (QED) is 0.729. The van der Waals surface area contributed by atoms with E-state index in [1.165, 1.54) is 11.1 Å². The van der Waals surface area contributed by atoms with E-state index in [2.05, 4.69) is 48.4 Å². The van der Waals surface area contributed by atoms with Crippen LogP contribution in [-0.4, -0.2) is 40.0 Å². The molecule has 1 aromatic carbocycles. The maximum Gasteiger partial charge on any atom is 0.111 e. The molecule has 1 aromatic heterocycles. The fourth-order valence-electron chi connectivity index (χ4n) is 2.71. The van der Waals surface area contributed by atoms with Gasteiger partial charge in [0.2, 0.25) is 0 Å². The van der Waals surface area contributed by atoms with E-state index in [4.69, 9.17) is 16.6 Å². The third-order valence-electron chi connectivity index (χ3n) is 3.90. The van der Waals surface area contributed by atoms with Crippen molar-refractivity contribution < 1.29 is 0 Å². The summed E-state index contributed by atoms with van der Waals surface area (Å²) in [4.78, 5) is 7.19. The van der Waals surface area contributed by atoms with Crippen LogP contribution in [0.5, 0.6) is 0 Å². The summed E-state index contributed by atoms with van der Waals surface area (Å²) >= 11 is 5.93. The minimum Gasteiger partial charge on any atom is -0.326 e. The van der Waals surface area contributed by atoms with Crippen LogP contribution in [0.2, 0.25) is 0 Å². The monoisotopic (exact) mass is 293 g/mol. The molecule has 0 aliphatic heterocycles. The first-order valence-electron chi connectivity index (χ1n) is 7.44. The van der Waals surface area contributed by atoms with Gasteiger partial charge in [-0.2, -0.15) is 0 Å². The Morgan fingerprint density at radius 1 is 1.25 bits per heavy atom. The van der Waals surface area contributed by atoms with Crippen LogP contribution in [0.25, 0.3) is 11.0 Å². The second kappa shape index (κ2) is 7.09. The van der Waals surface area contributed by atoms with Crippen LogP contribution in [0.3, 0.4) is 0 Å². The molecule has 0 bridgehead atoms. The largest absolute Gasteiger partial charge is 0.326 e. The maximum absolute atomic E-state index is 5.93. The summed E-state index contributed by atoms with van der Waals surface area (Å²) in [5.41, 5.74) is 3.64. The molecule has 0 saturated heterocycles. The molecule has 0 radical (unpaired) electrons. The fourth-order valence-corrected chi connectivity index (χ4v) is 2.88. The van der Waals surface area contributed by atoms with Crippen molar-refractivity contribution in [3.8, 4) is 0 Å². The van der Waals surface area contributed by atoms with Crippen molar-refractivity contribution in [3.63, 3.8) is 0 Å². The third kappa shape index (κ3) is 3.15. The Morgan fingerprint density at radius 3 is 2.65 bits per heavy atom. The fraction of sp³-hybridized carbons (Fsp3) is 0.562. The van der Waals surface area contributed by atoms with Crippen LogP contribution in [0.1, 0.15) is 25.2 Å². The van der Waals surface area contributed by atoms with Crippen molar-refractivity contribution in [2.75, 3.05) is 25.5 Å². The number of nitrogens with zero attached hydrogens (tertiary/aromatic N) is 3. The normalized spacial score (nSPS) is 11.7. The Hall–Kier alpha value is -1.06. The van der Waals surface area contributed by atoms with Crippen molar-refractivity contribution in [3.05, 3.63) is 29.6 Å². The van der Waals surface area contributed by atoms with Crippen LogP contribution in [0, 0.1) is 6.92 Å². The van der Waals surface area contributed by atoms with E-state index >= 15 is 0 Å². The number of rotatable bonds is 7. The Labute approximate surface area is 126 Å². The topological polar surface area (TPSA) is 21.1 Å². The number of para-hydroxylation sites is 1. The van der Waals surface area contributed by atoms with Crippen LogP contribution in [0.4, 0.5) is 0 Å². The predicted molar refractivity (Wildman–Crippen MR) is 86.7 cm³/mol. The molecule has 0 amide bonds. The van der Waals surface area contributed by atoms with Gasteiger partial charge in [-0.1, -0.05) is 26.0 Å². The van der Waals surface area contributed by atoms with Gasteiger partial charge in [-0.15, -0.1) is 11.6 Å². The Bertz CT molecular complexity index is 558. The van der Waals surface area contributed by atoms with Gasteiger partial charge in [-0.3, -0.25) is 0 Å². The third-order valence-corrected chi connectivity index (χ3v) is 4.09. The molecule has 1 heterocycles. The van der Waals surface area contributed by atoms with Crippen molar-refractivity contribution in [2.24, 2.45) is 0 Å². The summed E-state index contributed by atoms with van der Waals surface area (Å²) in [7, 11) is 0. The number of aromatic nitrogens is 2. The number of likely N-dealkylation sites (N-methyl/N-ethyl adjacent to an activating group) is 1. The number of imidazole rings is 1. The molecule has 110 valence electrons. The highest BCUT2D eigenvalue weighted by Crippen LogP contribution is 2.20. The zero-order chi connectivity index (χ0) is 14.5. The Morgan fingerprint density at radius 2 is 2.00 bits per heavy atom. The average molecular weight is 294 g/mol. The number of aryl methyl sites for hydroxylation is 2. The number of alkyl halides is 1. The molecule has 2 aromatic rings. The summed E-state index contributed by atoms with van der Waals surface area (Å²) in [5.74, 6) is 1.73. The van der Waals surface area contributed by atoms with E-state index in [9.17, 15) is 0 Å². The van der Waals surface area contributed by atoms with E-state index < -0.39 is 0 Å². The van der Waals surface area contributed by atoms with Crippen LogP contribution < -0.4 is 0 Å². The van der Waals surface area contributed by atoms with E-state index in [0.717, 1.165) is 43.9 Å². The van der Waals surface area contributed by atoms with E-state index in [1.54, 1.807) is 0 Å². The summed E-state index contributed by atoms with van der Waals surface area (Å²) in [5, 5.41) is 0. The summed E-state index contributed by atoms with van der Waals surface area (Å²) in [6.45, 7) is 10.8. The average Bonchev–Trinajstić information content (AvgIpc) is 2.80. The standard InChI is InChI=1S/C16H24ClN3/c1-4-19(5-2)11-12-20-15(9-10-17)18-14-8-6-7-13(3)16(14)20/h6-8H,4-5,9-12H2,1-3H3. The number of hydrogen-bond donors (Lipinski definition) is 0. The highest BCUT2D eigenvalue weighted by Gasteiger charge is 2.12. The first-order valence-corrected chi connectivity index (χ1v) is 7.97. The van der Waals surface area contributed by atoms with Crippen molar-refractivity contribution in [2.45, 2.75) is 33.7 Å². The lowest BCUT2D eigenvalue weighted by Crippen LogP contribution is -2.27. The van der Waals surface area contributed by atoms with E-state index in [1.807, 2.05) is 0 Å². The van der Waals surface area contributed by atoms with Crippen LogP contribution in [0.15, 0.2) is 18.2 Å². The zero-order valence-corrected chi connectivity index (χ0v) is 13.5. The molecule has 0 atom stereocenters. The molecule has 0 aliphatic rings. The summed E-state index contributed by atoms with van der Waals surface area (Å²) in [6.07, 6.45) is 0.827. The minimum absolute atomic E-state index is 0.619. The molecule has 4 heteroatoms. The maximum atomic E-state index is 5.93. The number of fused-ring (bicyclic) bond motifs is 1. The number of hydrogen-bond acceptors (Lipinski definition) is 2. The summed E-state index contributed by atoms with van der Waals surface area (Å²) < 4.78 is 2.35. The van der Waals surface area contributed by atoms with Crippen molar-refractivity contribution in [1.82, 2.24) is 14.5 Å². The van der Waals surface area contributed by atoms with Gasteiger partial charge >= 0.3 is 0 Å². The van der Waals surface area contributed by atoms with Crippen LogP contribution in [-0.2, 0) is 13.0 Å². The zero-order valence-electron chi connectivity index (χ0n) is 12.7. The minimum atomic E-state index is 0.619. The van der Waals surface area contributed by atoms with Gasteiger partial charge in [-0.25, -0.2) is 4.98 Å². The lowest BCUT2D eigenvalue weighted by Gasteiger charge is -2.19. The molecule has 0 fully saturated rings. The van der Waals surface area contributed by atoms with Crippen LogP contribution >= 0.6 is 11.6 Å². The number of halogens is 1. The number of benzene rings is 1. The lowest BCUT2D eigenvalue weighted by atomic mass is 10.2. The van der Waals surface area contributed by atoms with Gasteiger partial charge in [0.25, 0.3) is 0 Å². The van der Waals surface area contributed by atoms with Gasteiger partial charge in [0, 0.05) is 25.4 Å². The molecule has 3 nitrogen and oxygen atoms in total. The molecule has 0 N–H and O–H groups in total. The molecule has 20 heavy (non-hydrogen) atoms. The Balaban J connectivity index is 2.35. The smallest absolute Gasteiger partial charge is 0.111 e. The molecule has 2 rings (SSSR count). The first-order chi connectivity index (χ1) is 9.71. The van der Waals surface area contributed by atoms with Gasteiger partial charge < -0.3 is 9.47 Å². The first kappa shape index (κ1) is 15.3. The van der Waals surface area contributed by atoms with Gasteiger partial charge in [0.1, 0.15) is 5.82 Å². The predicted octanol–water partition coefficient (Wildman–Crippen LogP) is 3.47. The highest BCUT2D eigenvalue weighted by atomic mass is 35.5. The van der Waals surface area contributed by atoms with Crippen molar-refractivity contribution >= 4 is 22.6 Å².